The van der Waals surface area contributed by atoms with E-state index in [1.165, 1.54) is 141 Å². The Balaban J connectivity index is 1.47. The summed E-state index contributed by atoms with van der Waals surface area (Å²) < 4.78 is 19.2. The number of aliphatic hydroxyl groups is 2. The minimum absolute atomic E-state index is 0.107. The van der Waals surface area contributed by atoms with Crippen LogP contribution in [0.15, 0.2) is 23.3 Å². The molecule has 0 amide bonds. The molecule has 408 valence electrons. The molecule has 0 unspecified atom stereocenters. The average molecular weight is 996 g/mol. The zero-order valence-corrected chi connectivity index (χ0v) is 46.7. The van der Waals surface area contributed by atoms with E-state index >= 15 is 0 Å². The van der Waals surface area contributed by atoms with Crippen molar-refractivity contribution in [2.24, 2.45) is 29.1 Å². The first kappa shape index (κ1) is 61.0. The molecule has 9 heteroatoms. The monoisotopic (exact) mass is 995 g/mol. The highest BCUT2D eigenvalue weighted by atomic mass is 16.6. The van der Waals surface area contributed by atoms with Gasteiger partial charge < -0.3 is 24.4 Å². The van der Waals surface area contributed by atoms with Crippen molar-refractivity contribution in [2.75, 3.05) is 6.61 Å². The molecule has 0 aliphatic heterocycles. The minimum atomic E-state index is -2.00. The molecule has 0 saturated heterocycles. The molecule has 0 bridgehead atoms. The van der Waals surface area contributed by atoms with Gasteiger partial charge in [0.05, 0.1) is 5.60 Å². The Kier molecular flexibility index (Phi) is 27.0. The zero-order valence-electron chi connectivity index (χ0n) is 46.7. The predicted molar refractivity (Wildman–Crippen MR) is 288 cm³/mol. The Hall–Kier alpha value is -2.52. The molecule has 2 saturated carbocycles. The van der Waals surface area contributed by atoms with Gasteiger partial charge in [-0.05, 0) is 37.3 Å². The second-order valence-corrected chi connectivity index (χ2v) is 23.7. The van der Waals surface area contributed by atoms with E-state index in [0.717, 1.165) is 57.8 Å². The third-order valence-corrected chi connectivity index (χ3v) is 17.7. The fourth-order valence-corrected chi connectivity index (χ4v) is 13.3. The summed E-state index contributed by atoms with van der Waals surface area (Å²) >= 11 is 0. The van der Waals surface area contributed by atoms with Gasteiger partial charge in [-0.15, -0.1) is 0 Å². The van der Waals surface area contributed by atoms with Gasteiger partial charge >= 0.3 is 17.9 Å². The Morgan fingerprint density at radius 2 is 0.944 bits per heavy atom. The number of hydrogen-bond donors (Lipinski definition) is 2. The summed E-state index contributed by atoms with van der Waals surface area (Å²) in [5, 5.41) is 26.1. The number of Topliss-reactive ketones (excluding diaryl/α,β-unsaturated/α-hetero) is 1. The highest BCUT2D eigenvalue weighted by molar-refractivity contribution is 6.05. The third kappa shape index (κ3) is 17.0. The summed E-state index contributed by atoms with van der Waals surface area (Å²) in [7, 11) is 0. The highest BCUT2D eigenvalue weighted by Crippen LogP contribution is 2.77. The number of fused-ring (bicyclic) bond motifs is 5. The van der Waals surface area contributed by atoms with Gasteiger partial charge in [-0.25, -0.2) is 0 Å². The number of esters is 3. The minimum Gasteiger partial charge on any atom is -0.461 e. The van der Waals surface area contributed by atoms with E-state index in [-0.39, 0.29) is 43.8 Å². The van der Waals surface area contributed by atoms with Gasteiger partial charge in [-0.2, -0.15) is 0 Å². The van der Waals surface area contributed by atoms with Crippen LogP contribution >= 0.6 is 0 Å². The van der Waals surface area contributed by atoms with E-state index in [1.54, 1.807) is 13.0 Å². The lowest BCUT2D eigenvalue weighted by Gasteiger charge is -2.53. The molecule has 0 aromatic heterocycles. The van der Waals surface area contributed by atoms with Crippen molar-refractivity contribution in [3.8, 4) is 0 Å². The molecule has 0 radical (unpaired) electrons. The van der Waals surface area contributed by atoms with Crippen molar-refractivity contribution < 1.29 is 43.6 Å². The number of carbonyl (C=O) groups is 4. The molecule has 0 heterocycles. The van der Waals surface area contributed by atoms with Gasteiger partial charge in [0.25, 0.3) is 0 Å². The number of carbonyl (C=O) groups excluding carboxylic acids is 4. The van der Waals surface area contributed by atoms with Crippen LogP contribution in [0.1, 0.15) is 286 Å². The fourth-order valence-electron chi connectivity index (χ4n) is 13.3. The number of ether oxygens (including phenoxy) is 3. The van der Waals surface area contributed by atoms with Crippen LogP contribution in [0.2, 0.25) is 0 Å². The number of hydrogen-bond acceptors (Lipinski definition) is 9. The van der Waals surface area contributed by atoms with Crippen LogP contribution in [0.25, 0.3) is 0 Å². The van der Waals surface area contributed by atoms with E-state index in [9.17, 15) is 29.4 Å². The molecule has 0 aromatic carbocycles. The van der Waals surface area contributed by atoms with Crippen molar-refractivity contribution >= 4 is 23.7 Å². The molecule has 4 aliphatic carbocycles. The number of ketones is 1. The average Bonchev–Trinajstić information content (AvgIpc) is 3.77. The zero-order chi connectivity index (χ0) is 51.8. The normalized spacial score (nSPS) is 27.2. The highest BCUT2D eigenvalue weighted by Gasteiger charge is 2.88. The van der Waals surface area contributed by atoms with E-state index in [1.807, 2.05) is 26.8 Å². The second-order valence-electron chi connectivity index (χ2n) is 23.7. The van der Waals surface area contributed by atoms with Crippen LogP contribution < -0.4 is 0 Å². The van der Waals surface area contributed by atoms with Gasteiger partial charge in [0.2, 0.25) is 0 Å². The summed E-state index contributed by atoms with van der Waals surface area (Å²) in [6.45, 7) is 14.2. The molecular formula is C62H106O9. The molecule has 4 rings (SSSR count). The van der Waals surface area contributed by atoms with Crippen molar-refractivity contribution in [3.05, 3.63) is 23.3 Å². The molecule has 2 fully saturated rings. The summed E-state index contributed by atoms with van der Waals surface area (Å²) in [4.78, 5) is 55.4. The maximum atomic E-state index is 14.1. The first-order chi connectivity index (χ1) is 34.2. The molecular weight excluding hydrogens is 889 g/mol. The molecule has 4 aliphatic rings. The van der Waals surface area contributed by atoms with Crippen LogP contribution in [0, 0.1) is 29.1 Å². The van der Waals surface area contributed by atoms with Crippen molar-refractivity contribution in [1.82, 2.24) is 0 Å². The van der Waals surface area contributed by atoms with Crippen molar-refractivity contribution in [2.45, 2.75) is 309 Å². The lowest BCUT2D eigenvalue weighted by atomic mass is 9.59. The molecule has 71 heavy (non-hydrogen) atoms. The van der Waals surface area contributed by atoms with Gasteiger partial charge in [0.15, 0.2) is 11.4 Å². The lowest BCUT2D eigenvalue weighted by molar-refractivity contribution is -0.229. The Morgan fingerprint density at radius 3 is 1.37 bits per heavy atom. The standard InChI is InChI=1S/C62H106O9/c1-8-11-14-17-20-23-26-29-32-35-38-41-53(63)69-47-50-45-51-56-59(6,7)62(56,71-55(65)43-40-37-34-31-28-25-22-19-16-13-10-3)58(49(5)61(51,68)52-44-48(4)57(66)60(52,67)46-50)70-54(64)42-39-36-33-30-27-24-21-18-15-12-9-2/h44-45,49,51-52,56,58,67-68H,8-43,46-47H2,1-7H3/t49-,51+,52-,56-,58-,60+,61-,62-/m1/s1. The second kappa shape index (κ2) is 31.4. The molecule has 9 nitrogen and oxygen atoms in total. The Bertz CT molecular complexity index is 1660. The summed E-state index contributed by atoms with van der Waals surface area (Å²) in [5.41, 5.74) is -4.84. The van der Waals surface area contributed by atoms with E-state index in [2.05, 4.69) is 20.8 Å². The summed E-state index contributed by atoms with van der Waals surface area (Å²) in [6.07, 6.45) is 41.8. The van der Waals surface area contributed by atoms with Gasteiger partial charge in [0, 0.05) is 54.8 Å². The number of unbranched alkanes of at least 4 members (excludes halogenated alkanes) is 30. The number of rotatable bonds is 40. The molecule has 2 N–H and O–H groups in total. The van der Waals surface area contributed by atoms with E-state index in [4.69, 9.17) is 14.2 Å². The first-order valence-electron chi connectivity index (χ1n) is 30.1. The maximum Gasteiger partial charge on any atom is 0.306 e. The fraction of sp³-hybridized carbons (Fsp3) is 0.871. The topological polar surface area (TPSA) is 136 Å². The molecule has 0 aromatic rings. The smallest absolute Gasteiger partial charge is 0.306 e. The first-order valence-corrected chi connectivity index (χ1v) is 30.1. The van der Waals surface area contributed by atoms with Crippen LogP contribution in [0.4, 0.5) is 0 Å². The van der Waals surface area contributed by atoms with E-state index in [0.29, 0.717) is 30.4 Å². The van der Waals surface area contributed by atoms with Gasteiger partial charge in [-0.3, -0.25) is 19.2 Å². The Morgan fingerprint density at radius 1 is 0.563 bits per heavy atom. The summed E-state index contributed by atoms with van der Waals surface area (Å²) in [5.74, 6) is -4.60. The van der Waals surface area contributed by atoms with E-state index < -0.39 is 57.8 Å². The van der Waals surface area contributed by atoms with Crippen molar-refractivity contribution in [1.29, 1.82) is 0 Å². The largest absolute Gasteiger partial charge is 0.461 e. The van der Waals surface area contributed by atoms with Gasteiger partial charge in [0.1, 0.15) is 18.3 Å². The molecule has 0 spiro atoms. The van der Waals surface area contributed by atoms with Crippen LogP contribution in [-0.4, -0.2) is 63.4 Å². The maximum absolute atomic E-state index is 14.1. The van der Waals surface area contributed by atoms with Crippen LogP contribution in [0.3, 0.4) is 0 Å². The van der Waals surface area contributed by atoms with Crippen molar-refractivity contribution in [3.63, 3.8) is 0 Å². The predicted octanol–water partition coefficient (Wildman–Crippen LogP) is 15.7. The summed E-state index contributed by atoms with van der Waals surface area (Å²) in [6, 6.07) is 0. The van der Waals surface area contributed by atoms with Crippen LogP contribution in [0.5, 0.6) is 0 Å². The quantitative estimate of drug-likeness (QED) is 0.0266. The third-order valence-electron chi connectivity index (χ3n) is 17.7. The molecule has 8 atom stereocenters. The van der Waals surface area contributed by atoms with Crippen LogP contribution in [-0.2, 0) is 33.4 Å². The van der Waals surface area contributed by atoms with Gasteiger partial charge in [-0.1, -0.05) is 246 Å². The Labute approximate surface area is 433 Å². The lowest BCUT2D eigenvalue weighted by Crippen LogP contribution is -2.66. The SMILES string of the molecule is CCCCCCCCCCCCCC(=O)OCC1=C[C@H]2[C@@H]3C(C)(C)[C@]3(OC(=O)CCCCCCCCCCCCC)[C@H](OC(=O)CCCCCCCCCCCCC)[C@@H](C)[C@]2(O)[C@@H]2C=C(C)C(=O)[C@]2(O)C1.